The van der Waals surface area contributed by atoms with Gasteiger partial charge in [0.25, 0.3) is 5.54 Å². The van der Waals surface area contributed by atoms with E-state index in [2.05, 4.69) is 9.72 Å². The van der Waals surface area contributed by atoms with E-state index in [1.165, 1.54) is 19.2 Å². The molecular weight excluding hydrogens is 225 g/mol. The van der Waals surface area contributed by atoms with Crippen molar-refractivity contribution < 1.29 is 22.7 Å². The van der Waals surface area contributed by atoms with E-state index < -0.39 is 23.4 Å². The summed E-state index contributed by atoms with van der Waals surface area (Å²) in [6.07, 6.45) is -3.67. The fraction of sp³-hybridized carbons (Fsp3) is 0.444. The third-order valence-electron chi connectivity index (χ3n) is 2.07. The van der Waals surface area contributed by atoms with Crippen molar-refractivity contribution in [3.05, 3.63) is 24.0 Å². The summed E-state index contributed by atoms with van der Waals surface area (Å²) in [5.74, 6) is -1.52. The number of nitrogens with two attached hydrogens (primary N) is 1. The maximum absolute atomic E-state index is 12.8. The third kappa shape index (κ3) is 1.90. The lowest BCUT2D eigenvalue weighted by Gasteiger charge is -2.28. The van der Waals surface area contributed by atoms with Crippen molar-refractivity contribution in [1.29, 1.82) is 0 Å². The molecule has 0 bridgehead atoms. The molecule has 0 aromatic carbocycles. The van der Waals surface area contributed by atoms with Crippen LogP contribution in [0.2, 0.25) is 0 Å². The molecule has 90 valence electrons. The minimum atomic E-state index is -4.93. The van der Waals surface area contributed by atoms with E-state index in [9.17, 15) is 18.0 Å². The van der Waals surface area contributed by atoms with Crippen LogP contribution in [-0.2, 0) is 15.1 Å². The lowest BCUT2D eigenvalue weighted by Crippen LogP contribution is -2.57. The summed E-state index contributed by atoms with van der Waals surface area (Å²) in [6, 6.07) is 2.41. The predicted molar refractivity (Wildman–Crippen MR) is 49.3 cm³/mol. The number of carbonyl (C=O) groups excluding carboxylic acids is 1. The van der Waals surface area contributed by atoms with Crippen LogP contribution in [0.25, 0.3) is 0 Å². The molecule has 3 N–H and O–H groups in total. The van der Waals surface area contributed by atoms with Gasteiger partial charge in [0.2, 0.25) is 0 Å². The van der Waals surface area contributed by atoms with E-state index in [4.69, 9.17) is 5.73 Å². The van der Waals surface area contributed by atoms with Crippen LogP contribution in [0.4, 0.5) is 13.2 Å². The Morgan fingerprint density at radius 1 is 1.56 bits per heavy atom. The van der Waals surface area contributed by atoms with Gasteiger partial charge in [0.15, 0.2) is 0 Å². The van der Waals surface area contributed by atoms with Gasteiger partial charge in [-0.15, -0.1) is 0 Å². The average molecular weight is 236 g/mol. The van der Waals surface area contributed by atoms with Crippen molar-refractivity contribution in [3.8, 4) is 0 Å². The molecule has 0 unspecified atom stereocenters. The molecule has 0 radical (unpaired) electrons. The Balaban J connectivity index is 3.19. The highest BCUT2D eigenvalue weighted by molar-refractivity contribution is 5.83. The van der Waals surface area contributed by atoms with Crippen LogP contribution in [0.3, 0.4) is 0 Å². The molecule has 0 fully saturated rings. The van der Waals surface area contributed by atoms with Crippen LogP contribution < -0.4 is 5.73 Å². The van der Waals surface area contributed by atoms with Gasteiger partial charge < -0.3 is 15.5 Å². The summed E-state index contributed by atoms with van der Waals surface area (Å²) < 4.78 is 42.7. The van der Waals surface area contributed by atoms with E-state index in [0.29, 0.717) is 0 Å². The highest BCUT2D eigenvalue weighted by Gasteiger charge is 2.61. The standard InChI is InChI=1S/C9H11F3N2O2/c1-2-16-7(15)8(13,9(10,11)12)6-4-3-5-14-6/h3-5,14H,2,13H2,1H3/t8-/m0/s1. The lowest BCUT2D eigenvalue weighted by molar-refractivity contribution is -0.209. The number of hydrogen-bond donors (Lipinski definition) is 2. The zero-order valence-electron chi connectivity index (χ0n) is 8.47. The molecule has 1 atom stereocenters. The molecule has 1 rings (SSSR count). The number of halogens is 3. The SMILES string of the molecule is CCOC(=O)[C@@](N)(c1ccc[nH]1)C(F)(F)F. The summed E-state index contributed by atoms with van der Waals surface area (Å²) in [5.41, 5.74) is 1.55. The van der Waals surface area contributed by atoms with Gasteiger partial charge in [-0.05, 0) is 19.1 Å². The minimum absolute atomic E-state index is 0.172. The van der Waals surface area contributed by atoms with Crippen LogP contribution in [0.5, 0.6) is 0 Å². The van der Waals surface area contributed by atoms with Crippen LogP contribution in [0, 0.1) is 0 Å². The molecule has 1 aromatic heterocycles. The van der Waals surface area contributed by atoms with E-state index >= 15 is 0 Å². The summed E-state index contributed by atoms with van der Waals surface area (Å²) in [5, 5.41) is 0. The van der Waals surface area contributed by atoms with Crippen molar-refractivity contribution in [2.75, 3.05) is 6.61 Å². The van der Waals surface area contributed by atoms with Crippen LogP contribution >= 0.6 is 0 Å². The van der Waals surface area contributed by atoms with Crippen molar-refractivity contribution in [1.82, 2.24) is 4.98 Å². The molecule has 0 aliphatic carbocycles. The number of carbonyl (C=O) groups is 1. The number of ether oxygens (including phenoxy) is 1. The van der Waals surface area contributed by atoms with Gasteiger partial charge in [0.1, 0.15) is 0 Å². The van der Waals surface area contributed by atoms with Crippen molar-refractivity contribution in [3.63, 3.8) is 0 Å². The second-order valence-electron chi connectivity index (χ2n) is 3.11. The molecule has 4 nitrogen and oxygen atoms in total. The first-order valence-electron chi connectivity index (χ1n) is 4.50. The van der Waals surface area contributed by atoms with Gasteiger partial charge in [-0.2, -0.15) is 13.2 Å². The third-order valence-corrected chi connectivity index (χ3v) is 2.07. The second kappa shape index (κ2) is 4.17. The Kier molecular flexibility index (Phi) is 3.27. The van der Waals surface area contributed by atoms with E-state index in [1.807, 2.05) is 0 Å². The molecule has 0 aliphatic heterocycles. The number of esters is 1. The predicted octanol–water partition coefficient (Wildman–Crippen LogP) is 1.29. The number of rotatable bonds is 3. The lowest BCUT2D eigenvalue weighted by atomic mass is 9.96. The molecule has 0 saturated carbocycles. The normalized spacial score (nSPS) is 15.6. The Bertz CT molecular complexity index is 361. The Labute approximate surface area is 89.6 Å². The first-order valence-corrected chi connectivity index (χ1v) is 4.50. The van der Waals surface area contributed by atoms with Crippen molar-refractivity contribution in [2.24, 2.45) is 5.73 Å². The fourth-order valence-electron chi connectivity index (χ4n) is 1.20. The van der Waals surface area contributed by atoms with Gasteiger partial charge >= 0.3 is 12.1 Å². The number of aromatic nitrogens is 1. The van der Waals surface area contributed by atoms with Crippen molar-refractivity contribution >= 4 is 5.97 Å². The number of alkyl halides is 3. The summed E-state index contributed by atoms with van der Waals surface area (Å²) in [4.78, 5) is 13.6. The van der Waals surface area contributed by atoms with Gasteiger partial charge in [0, 0.05) is 6.20 Å². The van der Waals surface area contributed by atoms with Gasteiger partial charge in [-0.1, -0.05) is 0 Å². The van der Waals surface area contributed by atoms with Crippen LogP contribution in [0.1, 0.15) is 12.6 Å². The zero-order valence-corrected chi connectivity index (χ0v) is 8.47. The maximum Gasteiger partial charge on any atom is 0.422 e. The number of nitrogens with one attached hydrogen (secondary N) is 1. The van der Waals surface area contributed by atoms with Gasteiger partial charge in [0.05, 0.1) is 12.3 Å². The summed E-state index contributed by atoms with van der Waals surface area (Å²) >= 11 is 0. The molecular formula is C9H11F3N2O2. The van der Waals surface area contributed by atoms with E-state index in [0.717, 1.165) is 6.07 Å². The first-order chi connectivity index (χ1) is 7.34. The molecule has 0 amide bonds. The molecule has 7 heteroatoms. The summed E-state index contributed by atoms with van der Waals surface area (Å²) in [7, 11) is 0. The Hall–Kier alpha value is -1.50. The van der Waals surface area contributed by atoms with Gasteiger partial charge in [-0.25, -0.2) is 4.79 Å². The quantitative estimate of drug-likeness (QED) is 0.777. The van der Waals surface area contributed by atoms with E-state index in [-0.39, 0.29) is 6.61 Å². The highest BCUT2D eigenvalue weighted by Crippen LogP contribution is 2.37. The number of H-pyrrole nitrogens is 1. The monoisotopic (exact) mass is 236 g/mol. The summed E-state index contributed by atoms with van der Waals surface area (Å²) in [6.45, 7) is 1.23. The van der Waals surface area contributed by atoms with Crippen molar-refractivity contribution in [2.45, 2.75) is 18.6 Å². The minimum Gasteiger partial charge on any atom is -0.464 e. The smallest absolute Gasteiger partial charge is 0.422 e. The maximum atomic E-state index is 12.8. The molecule has 16 heavy (non-hydrogen) atoms. The largest absolute Gasteiger partial charge is 0.464 e. The molecule has 0 spiro atoms. The number of hydrogen-bond acceptors (Lipinski definition) is 3. The molecule has 0 saturated heterocycles. The van der Waals surface area contributed by atoms with Crippen LogP contribution in [-0.4, -0.2) is 23.7 Å². The second-order valence-corrected chi connectivity index (χ2v) is 3.11. The average Bonchev–Trinajstić information content (AvgIpc) is 2.67. The Morgan fingerprint density at radius 2 is 2.19 bits per heavy atom. The molecule has 1 heterocycles. The fourth-order valence-corrected chi connectivity index (χ4v) is 1.20. The highest BCUT2D eigenvalue weighted by atomic mass is 19.4. The molecule has 0 aliphatic rings. The van der Waals surface area contributed by atoms with Gasteiger partial charge in [-0.3, -0.25) is 0 Å². The van der Waals surface area contributed by atoms with E-state index in [1.54, 1.807) is 0 Å². The topological polar surface area (TPSA) is 68.1 Å². The Morgan fingerprint density at radius 3 is 2.56 bits per heavy atom. The molecule has 1 aromatic rings. The first kappa shape index (κ1) is 12.6. The zero-order chi connectivity index (χ0) is 12.4. The number of aromatic amines is 1. The van der Waals surface area contributed by atoms with Crippen LogP contribution in [0.15, 0.2) is 18.3 Å².